The molecule has 1 aliphatic rings. The standard InChI is InChI=1S/C13H18F2N2O2S/c1-13(2,9-3-5-20(18,19)6-4-9)17-12-10(14)7-16-8-11(12)15/h7-9H,3-6H2,1-2H3,(H,16,17). The molecule has 0 amide bonds. The van der Waals surface area contributed by atoms with Crippen LogP contribution in [0.2, 0.25) is 0 Å². The molecule has 0 saturated carbocycles. The molecule has 0 radical (unpaired) electrons. The Hall–Kier alpha value is -1.24. The van der Waals surface area contributed by atoms with Gasteiger partial charge in [-0.25, -0.2) is 17.2 Å². The van der Waals surface area contributed by atoms with Crippen molar-refractivity contribution in [3.63, 3.8) is 0 Å². The average Bonchev–Trinajstić information content (AvgIpc) is 2.33. The zero-order chi connectivity index (χ0) is 15.0. The first-order chi connectivity index (χ1) is 9.21. The third kappa shape index (κ3) is 3.26. The second kappa shape index (κ2) is 5.27. The lowest BCUT2D eigenvalue weighted by molar-refractivity contribution is 0.318. The molecule has 2 rings (SSSR count). The lowest BCUT2D eigenvalue weighted by atomic mass is 9.83. The summed E-state index contributed by atoms with van der Waals surface area (Å²) in [5, 5.41) is 2.87. The Morgan fingerprint density at radius 2 is 1.70 bits per heavy atom. The minimum absolute atomic E-state index is 0.0398. The molecule has 1 N–H and O–H groups in total. The van der Waals surface area contributed by atoms with Crippen molar-refractivity contribution in [3.8, 4) is 0 Å². The fraction of sp³-hybridized carbons (Fsp3) is 0.615. The van der Waals surface area contributed by atoms with Crippen molar-refractivity contribution in [3.05, 3.63) is 24.0 Å². The van der Waals surface area contributed by atoms with E-state index in [0.717, 1.165) is 12.4 Å². The molecule has 1 aromatic heterocycles. The predicted molar refractivity (Wildman–Crippen MR) is 73.2 cm³/mol. The van der Waals surface area contributed by atoms with E-state index < -0.39 is 27.0 Å². The average molecular weight is 304 g/mol. The van der Waals surface area contributed by atoms with Crippen LogP contribution in [-0.2, 0) is 9.84 Å². The fourth-order valence-corrected chi connectivity index (χ4v) is 4.06. The minimum Gasteiger partial charge on any atom is -0.375 e. The van der Waals surface area contributed by atoms with Gasteiger partial charge in [0.2, 0.25) is 0 Å². The largest absolute Gasteiger partial charge is 0.375 e. The Bertz CT molecular complexity index is 568. The van der Waals surface area contributed by atoms with Crippen molar-refractivity contribution in [2.24, 2.45) is 5.92 Å². The van der Waals surface area contributed by atoms with Crippen LogP contribution in [0.5, 0.6) is 0 Å². The molecule has 0 unspecified atom stereocenters. The first-order valence-electron chi connectivity index (χ1n) is 6.49. The fourth-order valence-electron chi connectivity index (χ4n) is 2.57. The van der Waals surface area contributed by atoms with Gasteiger partial charge in [0.25, 0.3) is 0 Å². The lowest BCUT2D eigenvalue weighted by Gasteiger charge is -2.38. The minimum atomic E-state index is -2.95. The van der Waals surface area contributed by atoms with Gasteiger partial charge < -0.3 is 5.32 Å². The summed E-state index contributed by atoms with van der Waals surface area (Å²) in [7, 11) is -2.95. The van der Waals surface area contributed by atoms with Gasteiger partial charge in [-0.1, -0.05) is 0 Å². The van der Waals surface area contributed by atoms with Gasteiger partial charge in [-0.15, -0.1) is 0 Å². The summed E-state index contributed by atoms with van der Waals surface area (Å²) in [6.07, 6.45) is 2.90. The number of hydrogen-bond donors (Lipinski definition) is 1. The Morgan fingerprint density at radius 3 is 2.20 bits per heavy atom. The van der Waals surface area contributed by atoms with Crippen LogP contribution in [0.4, 0.5) is 14.5 Å². The maximum atomic E-state index is 13.6. The summed E-state index contributed by atoms with van der Waals surface area (Å²) < 4.78 is 50.1. The van der Waals surface area contributed by atoms with Gasteiger partial charge in [0.15, 0.2) is 11.6 Å². The first-order valence-corrected chi connectivity index (χ1v) is 8.31. The Labute approximate surface area is 117 Å². The van der Waals surface area contributed by atoms with Crippen LogP contribution in [0.1, 0.15) is 26.7 Å². The zero-order valence-corrected chi connectivity index (χ0v) is 12.3. The van der Waals surface area contributed by atoms with Crippen molar-refractivity contribution in [2.45, 2.75) is 32.2 Å². The molecular weight excluding hydrogens is 286 g/mol. The summed E-state index contributed by atoms with van der Waals surface area (Å²) >= 11 is 0. The van der Waals surface area contributed by atoms with Crippen LogP contribution in [0, 0.1) is 17.6 Å². The number of hydrogen-bond acceptors (Lipinski definition) is 4. The molecule has 112 valence electrons. The van der Waals surface area contributed by atoms with E-state index in [1.54, 1.807) is 0 Å². The smallest absolute Gasteiger partial charge is 0.167 e. The monoisotopic (exact) mass is 304 g/mol. The highest BCUT2D eigenvalue weighted by molar-refractivity contribution is 7.91. The van der Waals surface area contributed by atoms with Crippen LogP contribution in [-0.4, -0.2) is 30.4 Å². The van der Waals surface area contributed by atoms with Crippen LogP contribution in [0.3, 0.4) is 0 Å². The lowest BCUT2D eigenvalue weighted by Crippen LogP contribution is -2.44. The maximum absolute atomic E-state index is 13.6. The molecule has 0 aliphatic carbocycles. The molecule has 0 atom stereocenters. The quantitative estimate of drug-likeness (QED) is 0.931. The van der Waals surface area contributed by atoms with Crippen LogP contribution >= 0.6 is 0 Å². The molecular formula is C13H18F2N2O2S. The number of aromatic nitrogens is 1. The van der Waals surface area contributed by atoms with Crippen molar-refractivity contribution in [2.75, 3.05) is 16.8 Å². The third-order valence-electron chi connectivity index (χ3n) is 3.88. The maximum Gasteiger partial charge on any atom is 0.167 e. The van der Waals surface area contributed by atoms with Crippen LogP contribution in [0.25, 0.3) is 0 Å². The van der Waals surface area contributed by atoms with E-state index in [2.05, 4.69) is 10.3 Å². The molecule has 4 nitrogen and oxygen atoms in total. The molecule has 1 fully saturated rings. The molecule has 7 heteroatoms. The summed E-state index contributed by atoms with van der Waals surface area (Å²) in [5.41, 5.74) is -0.808. The predicted octanol–water partition coefficient (Wildman–Crippen LogP) is 2.38. The number of nitrogens with one attached hydrogen (secondary N) is 1. The number of nitrogens with zero attached hydrogens (tertiary/aromatic N) is 1. The van der Waals surface area contributed by atoms with E-state index in [4.69, 9.17) is 0 Å². The van der Waals surface area contributed by atoms with Crippen LogP contribution in [0.15, 0.2) is 12.4 Å². The summed E-state index contributed by atoms with van der Waals surface area (Å²) in [6, 6.07) is 0. The van der Waals surface area contributed by atoms with Gasteiger partial charge in [-0.3, -0.25) is 4.98 Å². The van der Waals surface area contributed by atoms with E-state index >= 15 is 0 Å². The van der Waals surface area contributed by atoms with Crippen molar-refractivity contribution in [1.82, 2.24) is 4.98 Å². The Balaban J connectivity index is 2.15. The van der Waals surface area contributed by atoms with E-state index in [1.807, 2.05) is 13.8 Å². The number of sulfone groups is 1. The summed E-state index contributed by atoms with van der Waals surface area (Å²) in [6.45, 7) is 3.66. The molecule has 0 bridgehead atoms. The molecule has 0 aromatic carbocycles. The van der Waals surface area contributed by atoms with Crippen molar-refractivity contribution < 1.29 is 17.2 Å². The molecule has 1 saturated heterocycles. The van der Waals surface area contributed by atoms with Gasteiger partial charge in [0.05, 0.1) is 23.9 Å². The molecule has 20 heavy (non-hydrogen) atoms. The van der Waals surface area contributed by atoms with Crippen molar-refractivity contribution in [1.29, 1.82) is 0 Å². The van der Waals surface area contributed by atoms with Crippen LogP contribution < -0.4 is 5.32 Å². The third-order valence-corrected chi connectivity index (χ3v) is 5.59. The van der Waals surface area contributed by atoms with Gasteiger partial charge in [-0.2, -0.15) is 0 Å². The van der Waals surface area contributed by atoms with E-state index in [9.17, 15) is 17.2 Å². The van der Waals surface area contributed by atoms with Gasteiger partial charge in [0.1, 0.15) is 15.5 Å². The van der Waals surface area contributed by atoms with E-state index in [-0.39, 0.29) is 23.1 Å². The number of halogens is 2. The number of pyridine rings is 1. The summed E-state index contributed by atoms with van der Waals surface area (Å²) in [5.74, 6) is -1.20. The normalized spacial score (nSPS) is 19.8. The van der Waals surface area contributed by atoms with E-state index in [0.29, 0.717) is 12.8 Å². The zero-order valence-electron chi connectivity index (χ0n) is 11.5. The highest BCUT2D eigenvalue weighted by Gasteiger charge is 2.35. The Kier molecular flexibility index (Phi) is 4.00. The van der Waals surface area contributed by atoms with Gasteiger partial charge in [-0.05, 0) is 32.6 Å². The number of rotatable bonds is 3. The second-order valence-corrected chi connectivity index (χ2v) is 8.05. The highest BCUT2D eigenvalue weighted by atomic mass is 32.2. The van der Waals surface area contributed by atoms with Gasteiger partial charge in [0, 0.05) is 5.54 Å². The van der Waals surface area contributed by atoms with Gasteiger partial charge >= 0.3 is 0 Å². The SMILES string of the molecule is CC(C)(Nc1c(F)cncc1F)C1CCS(=O)(=O)CC1. The number of anilines is 1. The topological polar surface area (TPSA) is 59.1 Å². The molecule has 1 aromatic rings. The molecule has 2 heterocycles. The Morgan fingerprint density at radius 1 is 1.20 bits per heavy atom. The molecule has 0 spiro atoms. The second-order valence-electron chi connectivity index (χ2n) is 5.75. The highest BCUT2D eigenvalue weighted by Crippen LogP contribution is 2.33. The first kappa shape index (κ1) is 15.2. The summed E-state index contributed by atoms with van der Waals surface area (Å²) in [4.78, 5) is 3.44. The molecule has 1 aliphatic heterocycles. The van der Waals surface area contributed by atoms with E-state index in [1.165, 1.54) is 0 Å². The van der Waals surface area contributed by atoms with Crippen molar-refractivity contribution >= 4 is 15.5 Å².